The van der Waals surface area contributed by atoms with Gasteiger partial charge in [0.1, 0.15) is 0 Å². The minimum atomic E-state index is 0.483. The molecule has 2 heteroatoms. The lowest BCUT2D eigenvalue weighted by atomic mass is 10.1. The summed E-state index contributed by atoms with van der Waals surface area (Å²) in [5.41, 5.74) is 3.48. The van der Waals surface area contributed by atoms with Crippen molar-refractivity contribution >= 4 is 12.7 Å². The van der Waals surface area contributed by atoms with Gasteiger partial charge in [-0.1, -0.05) is 81.3 Å². The molecule has 1 rings (SSSR count). The van der Waals surface area contributed by atoms with E-state index in [1.54, 1.807) is 0 Å². The molecule has 0 aliphatic heterocycles. The molecule has 0 aromatic heterocycles. The predicted molar refractivity (Wildman–Crippen MR) is 117 cm³/mol. The molecule has 1 aromatic rings. The lowest BCUT2D eigenvalue weighted by molar-refractivity contribution is 0.524. The van der Waals surface area contributed by atoms with Gasteiger partial charge in [0.2, 0.25) is 0 Å². The van der Waals surface area contributed by atoms with Crippen molar-refractivity contribution in [2.24, 2.45) is 0 Å². The maximum Gasteiger partial charge on any atom is 0.0526 e. The van der Waals surface area contributed by atoms with Gasteiger partial charge in [0.25, 0.3) is 0 Å². The molecule has 0 bridgehead atoms. The Hall–Kier alpha value is -2.22. The van der Waals surface area contributed by atoms with E-state index >= 15 is 0 Å². The monoisotopic (exact) mass is 352 g/mol. The van der Waals surface area contributed by atoms with Gasteiger partial charge in [-0.25, -0.2) is 0 Å². The molecule has 0 spiro atoms. The Morgan fingerprint density at radius 1 is 1.19 bits per heavy atom. The maximum absolute atomic E-state index is 4.06. The molecular formula is C24H36N2. The van der Waals surface area contributed by atoms with E-state index in [2.05, 4.69) is 69.7 Å². The Bertz CT molecular complexity index is 725. The quantitative estimate of drug-likeness (QED) is 0.456. The summed E-state index contributed by atoms with van der Waals surface area (Å²) in [6, 6.07) is 8.65. The molecule has 0 heterocycles. The van der Waals surface area contributed by atoms with Crippen molar-refractivity contribution in [3.63, 3.8) is 0 Å². The second-order valence-electron chi connectivity index (χ2n) is 7.02. The molecule has 0 aliphatic rings. The summed E-state index contributed by atoms with van der Waals surface area (Å²) in [5.74, 6) is 0. The molecule has 0 aliphatic carbocycles. The van der Waals surface area contributed by atoms with Crippen molar-refractivity contribution in [2.75, 3.05) is 6.54 Å². The number of benzene rings is 1. The fourth-order valence-corrected chi connectivity index (χ4v) is 2.80. The number of hydrogen-bond acceptors (Lipinski definition) is 2. The van der Waals surface area contributed by atoms with E-state index in [1.165, 1.54) is 31.3 Å². The molecule has 2 nitrogen and oxygen atoms in total. The van der Waals surface area contributed by atoms with E-state index in [0.717, 1.165) is 28.4 Å². The minimum absolute atomic E-state index is 0.483. The molecule has 0 radical (unpaired) electrons. The van der Waals surface area contributed by atoms with Crippen molar-refractivity contribution in [1.82, 2.24) is 10.6 Å². The third-order valence-electron chi connectivity index (χ3n) is 4.47. The number of hydrogen-bond donors (Lipinski definition) is 2. The smallest absolute Gasteiger partial charge is 0.0526 e. The van der Waals surface area contributed by atoms with Crippen LogP contribution in [0.1, 0.15) is 53.4 Å². The van der Waals surface area contributed by atoms with Crippen molar-refractivity contribution in [3.8, 4) is 0 Å². The largest absolute Gasteiger partial charge is 0.384 e. The van der Waals surface area contributed by atoms with Crippen LogP contribution in [0.2, 0.25) is 0 Å². The molecule has 142 valence electrons. The molecule has 0 saturated heterocycles. The average molecular weight is 353 g/mol. The van der Waals surface area contributed by atoms with Crippen LogP contribution in [-0.4, -0.2) is 12.6 Å². The molecule has 2 N–H and O–H groups in total. The van der Waals surface area contributed by atoms with Crippen LogP contribution in [0, 0.1) is 0 Å². The Morgan fingerprint density at radius 3 is 2.58 bits per heavy atom. The van der Waals surface area contributed by atoms with Gasteiger partial charge in [0.15, 0.2) is 0 Å². The summed E-state index contributed by atoms with van der Waals surface area (Å²) in [6.07, 6.45) is 11.2. The zero-order valence-corrected chi connectivity index (χ0v) is 17.1. The topological polar surface area (TPSA) is 24.1 Å². The summed E-state index contributed by atoms with van der Waals surface area (Å²) in [7, 11) is 0. The van der Waals surface area contributed by atoms with E-state index < -0.39 is 0 Å². The second kappa shape index (κ2) is 12.2. The van der Waals surface area contributed by atoms with Gasteiger partial charge in [-0.15, -0.1) is 0 Å². The van der Waals surface area contributed by atoms with E-state index in [9.17, 15) is 0 Å². The van der Waals surface area contributed by atoms with Crippen molar-refractivity contribution in [3.05, 3.63) is 70.4 Å². The van der Waals surface area contributed by atoms with Crippen LogP contribution in [0.15, 0.2) is 60.0 Å². The summed E-state index contributed by atoms with van der Waals surface area (Å²) >= 11 is 0. The summed E-state index contributed by atoms with van der Waals surface area (Å²) < 4.78 is 0. The van der Waals surface area contributed by atoms with Crippen LogP contribution < -0.4 is 21.1 Å². The lowest BCUT2D eigenvalue weighted by Gasteiger charge is -2.19. The first-order valence-electron chi connectivity index (χ1n) is 9.73. The maximum atomic E-state index is 4.06. The SMILES string of the molecule is C=C/C(NC/C(C)=C/C=c1/ccccc1=C)=C(\C)NC(C)CCCCC. The average Bonchev–Trinajstić information content (AvgIpc) is 2.61. The zero-order valence-electron chi connectivity index (χ0n) is 17.1. The van der Waals surface area contributed by atoms with E-state index in [1.807, 2.05) is 24.3 Å². The van der Waals surface area contributed by atoms with Gasteiger partial charge >= 0.3 is 0 Å². The number of unbranched alkanes of at least 4 members (excludes halogenated alkanes) is 2. The molecule has 26 heavy (non-hydrogen) atoms. The van der Waals surface area contributed by atoms with Gasteiger partial charge in [0.05, 0.1) is 5.70 Å². The Labute approximate surface area is 160 Å². The van der Waals surface area contributed by atoms with Crippen LogP contribution >= 0.6 is 0 Å². The summed E-state index contributed by atoms with van der Waals surface area (Å²) in [6.45, 7) is 17.5. The van der Waals surface area contributed by atoms with Gasteiger partial charge in [-0.05, 0) is 43.7 Å². The lowest BCUT2D eigenvalue weighted by Crippen LogP contribution is -2.28. The first-order chi connectivity index (χ1) is 12.5. The summed E-state index contributed by atoms with van der Waals surface area (Å²) in [5, 5.41) is 9.28. The van der Waals surface area contributed by atoms with Crippen molar-refractivity contribution in [1.29, 1.82) is 0 Å². The third kappa shape index (κ3) is 8.24. The Morgan fingerprint density at radius 2 is 1.92 bits per heavy atom. The molecule has 1 atom stereocenters. The predicted octanol–water partition coefficient (Wildman–Crippen LogP) is 4.39. The molecule has 0 fully saturated rings. The number of allylic oxidation sites excluding steroid dienone is 3. The molecule has 0 amide bonds. The van der Waals surface area contributed by atoms with E-state index in [0.29, 0.717) is 6.04 Å². The molecular weight excluding hydrogens is 316 g/mol. The number of rotatable bonds is 11. The van der Waals surface area contributed by atoms with E-state index in [-0.39, 0.29) is 0 Å². The minimum Gasteiger partial charge on any atom is -0.384 e. The van der Waals surface area contributed by atoms with Crippen molar-refractivity contribution in [2.45, 2.75) is 59.4 Å². The first kappa shape index (κ1) is 21.8. The molecule has 1 aromatic carbocycles. The highest BCUT2D eigenvalue weighted by molar-refractivity contribution is 5.40. The Balaban J connectivity index is 2.65. The van der Waals surface area contributed by atoms with Gasteiger partial charge in [-0.2, -0.15) is 0 Å². The standard InChI is InChI=1S/C24H36N2/c1-7-9-10-14-21(5)26-22(6)24(8-2)25-18-19(3)16-17-23-15-12-11-13-20(23)4/h8,11-13,15-17,21,25-26H,2,4,7,9-10,14,18H2,1,3,5-6H3/b19-16+,23-17-,24-22-. The highest BCUT2D eigenvalue weighted by atomic mass is 15.0. The van der Waals surface area contributed by atoms with Crippen LogP contribution in [0.5, 0.6) is 0 Å². The number of nitrogens with one attached hydrogen (secondary N) is 2. The normalized spacial score (nSPS) is 14.6. The second-order valence-corrected chi connectivity index (χ2v) is 7.02. The molecule has 0 saturated carbocycles. The highest BCUT2D eigenvalue weighted by Gasteiger charge is 2.04. The van der Waals surface area contributed by atoms with E-state index in [4.69, 9.17) is 0 Å². The van der Waals surface area contributed by atoms with Crippen LogP contribution in [0.4, 0.5) is 0 Å². The molecule has 1 unspecified atom stereocenters. The van der Waals surface area contributed by atoms with Gasteiger partial charge < -0.3 is 10.6 Å². The fourth-order valence-electron chi connectivity index (χ4n) is 2.80. The van der Waals surface area contributed by atoms with Gasteiger partial charge in [-0.3, -0.25) is 0 Å². The fraction of sp³-hybridized carbons (Fsp3) is 0.417. The first-order valence-corrected chi connectivity index (χ1v) is 9.73. The van der Waals surface area contributed by atoms with Crippen LogP contribution in [0.25, 0.3) is 12.7 Å². The van der Waals surface area contributed by atoms with Crippen LogP contribution in [-0.2, 0) is 0 Å². The van der Waals surface area contributed by atoms with Crippen LogP contribution in [0.3, 0.4) is 0 Å². The highest BCUT2D eigenvalue weighted by Crippen LogP contribution is 2.07. The van der Waals surface area contributed by atoms with Gasteiger partial charge in [0, 0.05) is 18.3 Å². The van der Waals surface area contributed by atoms with Crippen molar-refractivity contribution < 1.29 is 0 Å². The third-order valence-corrected chi connectivity index (χ3v) is 4.47. The summed E-state index contributed by atoms with van der Waals surface area (Å²) in [4.78, 5) is 0. The Kier molecular flexibility index (Phi) is 10.2. The zero-order chi connectivity index (χ0) is 19.4.